The predicted octanol–water partition coefficient (Wildman–Crippen LogP) is 3.22. The largest absolute Gasteiger partial charge is 0.330 e. The van der Waals surface area contributed by atoms with Crippen molar-refractivity contribution in [1.29, 1.82) is 0 Å². The Bertz CT molecular complexity index is 621. The van der Waals surface area contributed by atoms with Crippen LogP contribution < -0.4 is 5.73 Å². The highest BCUT2D eigenvalue weighted by molar-refractivity contribution is 6.09. The van der Waals surface area contributed by atoms with Crippen molar-refractivity contribution < 1.29 is 4.79 Å². The van der Waals surface area contributed by atoms with E-state index in [0.717, 1.165) is 29.5 Å². The average molecular weight is 265 g/mol. The van der Waals surface area contributed by atoms with Crippen molar-refractivity contribution >= 4 is 5.78 Å². The van der Waals surface area contributed by atoms with E-state index in [1.165, 1.54) is 5.56 Å². The van der Waals surface area contributed by atoms with Crippen LogP contribution in [-0.4, -0.2) is 12.3 Å². The van der Waals surface area contributed by atoms with Crippen molar-refractivity contribution in [3.05, 3.63) is 70.8 Å². The zero-order valence-electron chi connectivity index (χ0n) is 11.7. The lowest BCUT2D eigenvalue weighted by atomic mass is 9.93. The Morgan fingerprint density at radius 2 is 1.50 bits per heavy atom. The van der Waals surface area contributed by atoms with E-state index in [9.17, 15) is 4.79 Å². The second kappa shape index (κ2) is 4.88. The predicted molar refractivity (Wildman–Crippen MR) is 81.0 cm³/mol. The summed E-state index contributed by atoms with van der Waals surface area (Å²) in [6.07, 6.45) is 2.32. The molecular formula is C18H19NO. The van der Waals surface area contributed by atoms with Crippen LogP contribution in [0.25, 0.3) is 0 Å². The Morgan fingerprint density at radius 1 is 1.00 bits per heavy atom. The first-order valence-corrected chi connectivity index (χ1v) is 7.07. The lowest BCUT2D eigenvalue weighted by Crippen LogP contribution is -2.19. The second-order valence-corrected chi connectivity index (χ2v) is 5.76. The van der Waals surface area contributed by atoms with Gasteiger partial charge in [0.15, 0.2) is 5.78 Å². The van der Waals surface area contributed by atoms with Crippen molar-refractivity contribution in [1.82, 2.24) is 0 Å². The Labute approximate surface area is 119 Å². The Morgan fingerprint density at radius 3 is 1.95 bits per heavy atom. The zero-order valence-corrected chi connectivity index (χ0v) is 11.7. The summed E-state index contributed by atoms with van der Waals surface area (Å²) in [6, 6.07) is 15.7. The number of ketones is 1. The molecule has 20 heavy (non-hydrogen) atoms. The zero-order chi connectivity index (χ0) is 14.2. The third kappa shape index (κ3) is 2.27. The van der Waals surface area contributed by atoms with E-state index >= 15 is 0 Å². The first-order chi connectivity index (χ1) is 9.64. The first kappa shape index (κ1) is 13.1. The van der Waals surface area contributed by atoms with Crippen LogP contribution in [-0.2, 0) is 5.41 Å². The van der Waals surface area contributed by atoms with Gasteiger partial charge in [-0.1, -0.05) is 54.1 Å². The fourth-order valence-corrected chi connectivity index (χ4v) is 2.61. The van der Waals surface area contributed by atoms with Crippen molar-refractivity contribution in [2.75, 3.05) is 6.54 Å². The minimum atomic E-state index is 0.0779. The highest BCUT2D eigenvalue weighted by atomic mass is 16.1. The number of nitrogens with two attached hydrogens (primary N) is 1. The summed E-state index contributed by atoms with van der Waals surface area (Å²) in [5, 5.41) is 0. The topological polar surface area (TPSA) is 43.1 Å². The standard InChI is InChI=1S/C18H19NO/c1-13-2-4-14(5-3-13)17(20)15-6-8-16(9-7-15)18(12-19)10-11-18/h2-9H,10-12,19H2,1H3. The van der Waals surface area contributed by atoms with Gasteiger partial charge in [0, 0.05) is 23.1 Å². The van der Waals surface area contributed by atoms with E-state index in [1.54, 1.807) is 0 Å². The average Bonchev–Trinajstić information content (AvgIpc) is 3.29. The van der Waals surface area contributed by atoms with Gasteiger partial charge in [-0.3, -0.25) is 4.79 Å². The summed E-state index contributed by atoms with van der Waals surface area (Å²) < 4.78 is 0. The van der Waals surface area contributed by atoms with Gasteiger partial charge in [0.1, 0.15) is 0 Å². The van der Waals surface area contributed by atoms with Gasteiger partial charge < -0.3 is 5.73 Å². The van der Waals surface area contributed by atoms with Crippen LogP contribution in [0.5, 0.6) is 0 Å². The van der Waals surface area contributed by atoms with Crippen molar-refractivity contribution in [2.45, 2.75) is 25.2 Å². The molecule has 1 saturated carbocycles. The van der Waals surface area contributed by atoms with Crippen LogP contribution in [0.15, 0.2) is 48.5 Å². The maximum Gasteiger partial charge on any atom is 0.193 e. The SMILES string of the molecule is Cc1ccc(C(=O)c2ccc(C3(CN)CC3)cc2)cc1. The third-order valence-electron chi connectivity index (χ3n) is 4.32. The number of aryl methyl sites for hydroxylation is 1. The molecule has 2 N–H and O–H groups in total. The lowest BCUT2D eigenvalue weighted by Gasteiger charge is -2.13. The molecule has 0 aromatic heterocycles. The Balaban J connectivity index is 1.84. The van der Waals surface area contributed by atoms with Crippen molar-refractivity contribution in [3.8, 4) is 0 Å². The van der Waals surface area contributed by atoms with Gasteiger partial charge in [0.2, 0.25) is 0 Å². The van der Waals surface area contributed by atoms with E-state index in [2.05, 4.69) is 12.1 Å². The van der Waals surface area contributed by atoms with Crippen molar-refractivity contribution in [2.24, 2.45) is 5.73 Å². The number of rotatable bonds is 4. The van der Waals surface area contributed by atoms with Gasteiger partial charge >= 0.3 is 0 Å². The highest BCUT2D eigenvalue weighted by Crippen LogP contribution is 2.47. The summed E-state index contributed by atoms with van der Waals surface area (Å²) in [5.41, 5.74) is 9.93. The molecule has 102 valence electrons. The lowest BCUT2D eigenvalue weighted by molar-refractivity contribution is 0.103. The monoisotopic (exact) mass is 265 g/mol. The van der Waals surface area contributed by atoms with Crippen LogP contribution in [0.3, 0.4) is 0 Å². The molecule has 2 heteroatoms. The number of carbonyl (C=O) groups excluding carboxylic acids is 1. The van der Waals surface area contributed by atoms with E-state index in [-0.39, 0.29) is 11.2 Å². The molecule has 0 atom stereocenters. The molecule has 0 aliphatic heterocycles. The van der Waals surface area contributed by atoms with Gasteiger partial charge in [-0.25, -0.2) is 0 Å². The number of benzene rings is 2. The normalized spacial score (nSPS) is 15.9. The highest BCUT2D eigenvalue weighted by Gasteiger charge is 2.42. The first-order valence-electron chi connectivity index (χ1n) is 7.07. The minimum Gasteiger partial charge on any atom is -0.330 e. The maximum absolute atomic E-state index is 12.4. The molecule has 2 aromatic rings. The summed E-state index contributed by atoms with van der Waals surface area (Å²) in [4.78, 5) is 12.4. The van der Waals surface area contributed by atoms with E-state index in [1.807, 2.05) is 43.3 Å². The van der Waals surface area contributed by atoms with Gasteiger partial charge in [-0.2, -0.15) is 0 Å². The molecule has 1 fully saturated rings. The molecule has 2 nitrogen and oxygen atoms in total. The van der Waals surface area contributed by atoms with E-state index in [4.69, 9.17) is 5.73 Å². The molecule has 0 amide bonds. The van der Waals surface area contributed by atoms with Crippen molar-refractivity contribution in [3.63, 3.8) is 0 Å². The second-order valence-electron chi connectivity index (χ2n) is 5.76. The summed E-state index contributed by atoms with van der Waals surface area (Å²) in [6.45, 7) is 2.71. The maximum atomic E-state index is 12.4. The van der Waals surface area contributed by atoms with Crippen LogP contribution in [0.2, 0.25) is 0 Å². The van der Waals surface area contributed by atoms with E-state index < -0.39 is 0 Å². The smallest absolute Gasteiger partial charge is 0.193 e. The third-order valence-corrected chi connectivity index (χ3v) is 4.32. The van der Waals surface area contributed by atoms with Crippen LogP contribution in [0, 0.1) is 6.92 Å². The summed E-state index contributed by atoms with van der Waals surface area (Å²) >= 11 is 0. The Kier molecular flexibility index (Phi) is 3.19. The molecule has 0 spiro atoms. The van der Waals surface area contributed by atoms with Crippen LogP contribution in [0.4, 0.5) is 0 Å². The van der Waals surface area contributed by atoms with Gasteiger partial charge in [-0.15, -0.1) is 0 Å². The van der Waals surface area contributed by atoms with Crippen LogP contribution in [0.1, 0.15) is 39.9 Å². The molecule has 2 aromatic carbocycles. The van der Waals surface area contributed by atoms with Crippen LogP contribution >= 0.6 is 0 Å². The van der Waals surface area contributed by atoms with E-state index in [0.29, 0.717) is 6.54 Å². The molecule has 0 heterocycles. The molecule has 0 saturated heterocycles. The van der Waals surface area contributed by atoms with Gasteiger partial charge in [0.25, 0.3) is 0 Å². The molecule has 1 aliphatic rings. The molecule has 3 rings (SSSR count). The molecule has 0 bridgehead atoms. The molecular weight excluding hydrogens is 246 g/mol. The fraction of sp³-hybridized carbons (Fsp3) is 0.278. The number of hydrogen-bond donors (Lipinski definition) is 1. The number of hydrogen-bond acceptors (Lipinski definition) is 2. The Hall–Kier alpha value is -1.93. The number of carbonyl (C=O) groups is 1. The van der Waals surface area contributed by atoms with Gasteiger partial charge in [0.05, 0.1) is 0 Å². The molecule has 0 unspecified atom stereocenters. The molecule has 1 aliphatic carbocycles. The fourth-order valence-electron chi connectivity index (χ4n) is 2.61. The summed E-state index contributed by atoms with van der Waals surface area (Å²) in [7, 11) is 0. The summed E-state index contributed by atoms with van der Waals surface area (Å²) in [5.74, 6) is 0.0779. The quantitative estimate of drug-likeness (QED) is 0.863. The van der Waals surface area contributed by atoms with Gasteiger partial charge in [-0.05, 0) is 25.3 Å². The molecule has 0 radical (unpaired) electrons. The minimum absolute atomic E-state index is 0.0779.